The second-order valence-corrected chi connectivity index (χ2v) is 6.54. The summed E-state index contributed by atoms with van der Waals surface area (Å²) in [6.45, 7) is 6.07. The van der Waals surface area contributed by atoms with Gasteiger partial charge in [0, 0.05) is 24.0 Å². The first-order valence-electron chi connectivity index (χ1n) is 7.11. The molecule has 0 fully saturated rings. The average molecular weight is 288 g/mol. The third kappa shape index (κ3) is 3.92. The number of benzene rings is 1. The standard InChI is InChI=1S/C17H24N2S/c1-13-9-15(11-18)6-7-16(13)12-19(3)14(2)10-17-5-4-8-20-17/h4-9,14H,10-12,18H2,1-3H3. The van der Waals surface area contributed by atoms with Gasteiger partial charge in [-0.15, -0.1) is 11.3 Å². The molecule has 1 unspecified atom stereocenters. The minimum absolute atomic E-state index is 0.544. The summed E-state index contributed by atoms with van der Waals surface area (Å²) < 4.78 is 0. The Balaban J connectivity index is 1.98. The first-order valence-corrected chi connectivity index (χ1v) is 7.99. The van der Waals surface area contributed by atoms with Crippen molar-refractivity contribution in [2.75, 3.05) is 7.05 Å². The molecule has 0 aliphatic carbocycles. The highest BCUT2D eigenvalue weighted by Gasteiger charge is 2.12. The predicted octanol–water partition coefficient (Wildman–Crippen LogP) is 3.58. The Morgan fingerprint density at radius 2 is 2.10 bits per heavy atom. The second kappa shape index (κ2) is 7.02. The molecule has 2 N–H and O–H groups in total. The molecule has 108 valence electrons. The van der Waals surface area contributed by atoms with Crippen LogP contribution in [0.3, 0.4) is 0 Å². The van der Waals surface area contributed by atoms with Crippen LogP contribution >= 0.6 is 11.3 Å². The molecular weight excluding hydrogens is 264 g/mol. The topological polar surface area (TPSA) is 29.3 Å². The zero-order valence-electron chi connectivity index (χ0n) is 12.6. The van der Waals surface area contributed by atoms with E-state index in [-0.39, 0.29) is 0 Å². The van der Waals surface area contributed by atoms with Gasteiger partial charge in [-0.2, -0.15) is 0 Å². The highest BCUT2D eigenvalue weighted by Crippen LogP contribution is 2.17. The van der Waals surface area contributed by atoms with Crippen LogP contribution in [0.5, 0.6) is 0 Å². The van der Waals surface area contributed by atoms with Gasteiger partial charge in [0.25, 0.3) is 0 Å². The van der Waals surface area contributed by atoms with Crippen LogP contribution in [-0.2, 0) is 19.5 Å². The highest BCUT2D eigenvalue weighted by molar-refractivity contribution is 7.09. The van der Waals surface area contributed by atoms with Crippen LogP contribution in [0, 0.1) is 6.92 Å². The summed E-state index contributed by atoms with van der Waals surface area (Å²) in [6.07, 6.45) is 1.12. The molecule has 2 nitrogen and oxygen atoms in total. The van der Waals surface area contributed by atoms with Gasteiger partial charge in [0.1, 0.15) is 0 Å². The largest absolute Gasteiger partial charge is 0.326 e. The zero-order valence-corrected chi connectivity index (χ0v) is 13.4. The molecule has 0 saturated heterocycles. The molecule has 0 spiro atoms. The molecule has 3 heteroatoms. The van der Waals surface area contributed by atoms with E-state index < -0.39 is 0 Å². The Morgan fingerprint density at radius 3 is 2.70 bits per heavy atom. The minimum atomic E-state index is 0.544. The third-order valence-corrected chi connectivity index (χ3v) is 4.79. The number of aryl methyl sites for hydroxylation is 1. The second-order valence-electron chi connectivity index (χ2n) is 5.51. The molecule has 2 aromatic rings. The SMILES string of the molecule is Cc1cc(CN)ccc1CN(C)C(C)Cc1cccs1. The van der Waals surface area contributed by atoms with Crippen molar-refractivity contribution >= 4 is 11.3 Å². The summed E-state index contributed by atoms with van der Waals surface area (Å²) in [5.41, 5.74) is 9.62. The molecule has 0 bridgehead atoms. The fourth-order valence-corrected chi connectivity index (χ4v) is 3.19. The number of thiophene rings is 1. The molecule has 20 heavy (non-hydrogen) atoms. The van der Waals surface area contributed by atoms with E-state index in [9.17, 15) is 0 Å². The van der Waals surface area contributed by atoms with E-state index >= 15 is 0 Å². The van der Waals surface area contributed by atoms with Gasteiger partial charge >= 0.3 is 0 Å². The van der Waals surface area contributed by atoms with Gasteiger partial charge < -0.3 is 5.73 Å². The smallest absolute Gasteiger partial charge is 0.0236 e. The molecule has 2 rings (SSSR count). The van der Waals surface area contributed by atoms with Crippen molar-refractivity contribution in [3.63, 3.8) is 0 Å². The number of likely N-dealkylation sites (N-methyl/N-ethyl adjacent to an activating group) is 1. The lowest BCUT2D eigenvalue weighted by Gasteiger charge is -2.25. The fraction of sp³-hybridized carbons (Fsp3) is 0.412. The molecule has 0 radical (unpaired) electrons. The van der Waals surface area contributed by atoms with Gasteiger partial charge in [0.2, 0.25) is 0 Å². The Hall–Kier alpha value is -1.16. The number of hydrogen-bond acceptors (Lipinski definition) is 3. The van der Waals surface area contributed by atoms with Crippen molar-refractivity contribution in [1.29, 1.82) is 0 Å². The van der Waals surface area contributed by atoms with Crippen molar-refractivity contribution in [3.8, 4) is 0 Å². The van der Waals surface area contributed by atoms with Crippen LogP contribution in [0.25, 0.3) is 0 Å². The van der Waals surface area contributed by atoms with Crippen molar-refractivity contribution in [1.82, 2.24) is 4.90 Å². The first kappa shape index (κ1) is 15.2. The van der Waals surface area contributed by atoms with Crippen molar-refractivity contribution in [2.24, 2.45) is 5.73 Å². The van der Waals surface area contributed by atoms with Gasteiger partial charge in [-0.25, -0.2) is 0 Å². The molecule has 1 aromatic carbocycles. The zero-order chi connectivity index (χ0) is 14.5. The van der Waals surface area contributed by atoms with Crippen LogP contribution in [0.15, 0.2) is 35.7 Å². The predicted molar refractivity (Wildman–Crippen MR) is 88.0 cm³/mol. The number of rotatable bonds is 6. The third-order valence-electron chi connectivity index (χ3n) is 3.89. The van der Waals surface area contributed by atoms with Crippen LogP contribution in [0.2, 0.25) is 0 Å². The maximum absolute atomic E-state index is 5.68. The van der Waals surface area contributed by atoms with E-state index in [0.717, 1.165) is 13.0 Å². The highest BCUT2D eigenvalue weighted by atomic mass is 32.1. The summed E-state index contributed by atoms with van der Waals surface area (Å²) >= 11 is 1.84. The summed E-state index contributed by atoms with van der Waals surface area (Å²) in [5, 5.41) is 2.15. The monoisotopic (exact) mass is 288 g/mol. The van der Waals surface area contributed by atoms with Crippen molar-refractivity contribution in [3.05, 3.63) is 57.3 Å². The molecule has 1 heterocycles. The first-order chi connectivity index (χ1) is 9.60. The van der Waals surface area contributed by atoms with Gasteiger partial charge in [0.05, 0.1) is 0 Å². The average Bonchev–Trinajstić information content (AvgIpc) is 2.93. The maximum atomic E-state index is 5.68. The summed E-state index contributed by atoms with van der Waals surface area (Å²) in [7, 11) is 2.20. The fourth-order valence-electron chi connectivity index (χ4n) is 2.36. The minimum Gasteiger partial charge on any atom is -0.326 e. The summed E-state index contributed by atoms with van der Waals surface area (Å²) in [5.74, 6) is 0. The molecule has 0 aliphatic heterocycles. The molecular formula is C17H24N2S. The van der Waals surface area contributed by atoms with Crippen LogP contribution in [-0.4, -0.2) is 18.0 Å². The Labute approximate surface area is 126 Å². The maximum Gasteiger partial charge on any atom is 0.0236 e. The summed E-state index contributed by atoms with van der Waals surface area (Å²) in [4.78, 5) is 3.88. The van der Waals surface area contributed by atoms with Crippen LogP contribution in [0.1, 0.15) is 28.5 Å². The number of nitrogens with two attached hydrogens (primary N) is 1. The normalized spacial score (nSPS) is 12.8. The lowest BCUT2D eigenvalue weighted by molar-refractivity contribution is 0.248. The van der Waals surface area contributed by atoms with Gasteiger partial charge in [0.15, 0.2) is 0 Å². The number of hydrogen-bond donors (Lipinski definition) is 1. The molecule has 0 amide bonds. The van der Waals surface area contributed by atoms with Gasteiger partial charge in [-0.3, -0.25) is 4.90 Å². The van der Waals surface area contributed by atoms with Crippen molar-refractivity contribution in [2.45, 2.75) is 39.4 Å². The van der Waals surface area contributed by atoms with E-state index in [1.807, 2.05) is 11.3 Å². The van der Waals surface area contributed by atoms with Crippen LogP contribution in [0.4, 0.5) is 0 Å². The van der Waals surface area contributed by atoms with Gasteiger partial charge in [-0.05, 0) is 55.5 Å². The van der Waals surface area contributed by atoms with E-state index in [2.05, 4.69) is 61.5 Å². The lowest BCUT2D eigenvalue weighted by Crippen LogP contribution is -2.30. The van der Waals surface area contributed by atoms with Gasteiger partial charge in [-0.1, -0.05) is 24.3 Å². The Morgan fingerprint density at radius 1 is 1.30 bits per heavy atom. The van der Waals surface area contributed by atoms with Crippen LogP contribution < -0.4 is 5.73 Å². The summed E-state index contributed by atoms with van der Waals surface area (Å²) in [6, 6.07) is 11.4. The molecule has 1 aromatic heterocycles. The molecule has 1 atom stereocenters. The lowest BCUT2D eigenvalue weighted by atomic mass is 10.0. The Bertz CT molecular complexity index is 534. The van der Waals surface area contributed by atoms with E-state index in [1.165, 1.54) is 21.6 Å². The molecule has 0 saturated carbocycles. The van der Waals surface area contributed by atoms with E-state index in [4.69, 9.17) is 5.73 Å². The molecule has 0 aliphatic rings. The Kier molecular flexibility index (Phi) is 5.35. The van der Waals surface area contributed by atoms with Crippen molar-refractivity contribution < 1.29 is 0 Å². The van der Waals surface area contributed by atoms with E-state index in [0.29, 0.717) is 12.6 Å². The van der Waals surface area contributed by atoms with E-state index in [1.54, 1.807) is 0 Å². The number of nitrogens with zero attached hydrogens (tertiary/aromatic N) is 1. The quantitative estimate of drug-likeness (QED) is 0.880.